The Morgan fingerprint density at radius 2 is 1.81 bits per heavy atom. The van der Waals surface area contributed by atoms with Gasteiger partial charge in [-0.3, -0.25) is 4.57 Å². The van der Waals surface area contributed by atoms with Crippen LogP contribution >= 0.6 is 0 Å². The van der Waals surface area contributed by atoms with Gasteiger partial charge in [0.1, 0.15) is 5.52 Å². The fourth-order valence-electron chi connectivity index (χ4n) is 2.68. The minimum atomic E-state index is 0.460. The summed E-state index contributed by atoms with van der Waals surface area (Å²) in [6, 6.07) is 16.4. The van der Waals surface area contributed by atoms with Crippen molar-refractivity contribution in [3.8, 4) is 5.69 Å². The van der Waals surface area contributed by atoms with Crippen molar-refractivity contribution in [2.45, 2.75) is 6.92 Å². The van der Waals surface area contributed by atoms with E-state index in [0.717, 1.165) is 22.4 Å². The third-order valence-corrected chi connectivity index (χ3v) is 3.77. The third-order valence-electron chi connectivity index (χ3n) is 3.77. The number of imidazole rings is 1. The molecule has 0 fully saturated rings. The number of rotatable bonds is 1. The summed E-state index contributed by atoms with van der Waals surface area (Å²) in [5.41, 5.74) is 9.81. The Morgan fingerprint density at radius 1 is 1.00 bits per heavy atom. The quantitative estimate of drug-likeness (QED) is 0.578. The molecule has 2 heterocycles. The van der Waals surface area contributed by atoms with Crippen molar-refractivity contribution >= 4 is 27.9 Å². The van der Waals surface area contributed by atoms with Gasteiger partial charge in [0.2, 0.25) is 5.95 Å². The van der Waals surface area contributed by atoms with Gasteiger partial charge in [-0.1, -0.05) is 30.3 Å². The largest absolute Gasteiger partial charge is 0.369 e. The number of nitrogens with zero attached hydrogens (tertiary/aromatic N) is 3. The topological polar surface area (TPSA) is 56.7 Å². The number of hydrogen-bond donors (Lipinski definition) is 1. The molecular weight excluding hydrogens is 260 g/mol. The first kappa shape index (κ1) is 11.9. The van der Waals surface area contributed by atoms with Crippen LogP contribution in [0.2, 0.25) is 0 Å². The lowest BCUT2D eigenvalue weighted by molar-refractivity contribution is 1.09. The van der Waals surface area contributed by atoms with Crippen LogP contribution in [-0.2, 0) is 0 Å². The van der Waals surface area contributed by atoms with E-state index >= 15 is 0 Å². The molecule has 0 amide bonds. The summed E-state index contributed by atoms with van der Waals surface area (Å²) in [5.74, 6) is 0.460. The van der Waals surface area contributed by atoms with E-state index in [0.29, 0.717) is 5.95 Å². The molecule has 102 valence electrons. The van der Waals surface area contributed by atoms with Crippen LogP contribution in [-0.4, -0.2) is 14.5 Å². The van der Waals surface area contributed by atoms with Crippen LogP contribution in [0.4, 0.5) is 5.95 Å². The molecule has 0 saturated heterocycles. The summed E-state index contributed by atoms with van der Waals surface area (Å²) >= 11 is 0. The molecule has 4 heteroatoms. The molecule has 0 aliphatic rings. The summed E-state index contributed by atoms with van der Waals surface area (Å²) in [4.78, 5) is 8.89. The number of pyridine rings is 1. The van der Waals surface area contributed by atoms with Crippen molar-refractivity contribution in [1.29, 1.82) is 0 Å². The van der Waals surface area contributed by atoms with Gasteiger partial charge in [0.25, 0.3) is 0 Å². The Hall–Kier alpha value is -2.88. The average Bonchev–Trinajstić information content (AvgIpc) is 2.84. The summed E-state index contributed by atoms with van der Waals surface area (Å²) < 4.78 is 1.90. The van der Waals surface area contributed by atoms with E-state index in [4.69, 9.17) is 5.73 Å². The first-order chi connectivity index (χ1) is 10.2. The number of nitrogens with two attached hydrogens (primary N) is 1. The lowest BCUT2D eigenvalue weighted by Crippen LogP contribution is -2.01. The van der Waals surface area contributed by atoms with E-state index in [-0.39, 0.29) is 0 Å². The zero-order valence-corrected chi connectivity index (χ0v) is 11.6. The van der Waals surface area contributed by atoms with Crippen molar-refractivity contribution in [3.63, 3.8) is 0 Å². The maximum absolute atomic E-state index is 6.11. The normalized spacial score (nSPS) is 11.3. The van der Waals surface area contributed by atoms with Crippen LogP contribution in [0.1, 0.15) is 5.56 Å². The van der Waals surface area contributed by atoms with Crippen molar-refractivity contribution in [3.05, 3.63) is 60.3 Å². The van der Waals surface area contributed by atoms with E-state index < -0.39 is 0 Å². The van der Waals surface area contributed by atoms with E-state index in [2.05, 4.69) is 34.2 Å². The Morgan fingerprint density at radius 3 is 2.67 bits per heavy atom. The minimum Gasteiger partial charge on any atom is -0.369 e. The molecule has 0 unspecified atom stereocenters. The predicted molar refractivity (Wildman–Crippen MR) is 85.5 cm³/mol. The van der Waals surface area contributed by atoms with Crippen molar-refractivity contribution < 1.29 is 0 Å². The molecule has 4 nitrogen and oxygen atoms in total. The van der Waals surface area contributed by atoms with Gasteiger partial charge in [-0.05, 0) is 41.5 Å². The second-order valence-corrected chi connectivity index (χ2v) is 5.14. The molecular formula is C17H14N4. The first-order valence-corrected chi connectivity index (χ1v) is 6.83. The zero-order valence-electron chi connectivity index (χ0n) is 11.6. The minimum absolute atomic E-state index is 0.460. The van der Waals surface area contributed by atoms with Gasteiger partial charge in [-0.25, -0.2) is 9.97 Å². The Labute approximate surface area is 121 Å². The van der Waals surface area contributed by atoms with Crippen LogP contribution in [0.5, 0.6) is 0 Å². The van der Waals surface area contributed by atoms with E-state index in [1.54, 1.807) is 6.20 Å². The van der Waals surface area contributed by atoms with Crippen molar-refractivity contribution in [2.75, 3.05) is 5.73 Å². The van der Waals surface area contributed by atoms with Crippen molar-refractivity contribution in [2.24, 2.45) is 0 Å². The van der Waals surface area contributed by atoms with Crippen LogP contribution in [0.15, 0.2) is 54.7 Å². The fourth-order valence-corrected chi connectivity index (χ4v) is 2.68. The molecule has 4 rings (SSSR count). The summed E-state index contributed by atoms with van der Waals surface area (Å²) in [6.45, 7) is 2.02. The third kappa shape index (κ3) is 1.76. The van der Waals surface area contributed by atoms with Gasteiger partial charge in [-0.2, -0.15) is 0 Å². The molecule has 21 heavy (non-hydrogen) atoms. The second-order valence-electron chi connectivity index (χ2n) is 5.14. The van der Waals surface area contributed by atoms with Gasteiger partial charge in [0, 0.05) is 6.20 Å². The monoisotopic (exact) mass is 274 g/mol. The molecule has 2 N–H and O–H groups in total. The van der Waals surface area contributed by atoms with Gasteiger partial charge in [0.15, 0.2) is 5.65 Å². The number of nitrogen functional groups attached to an aromatic ring is 1. The number of hydrogen-bond acceptors (Lipinski definition) is 3. The lowest BCUT2D eigenvalue weighted by Gasteiger charge is -2.07. The molecule has 0 bridgehead atoms. The molecule has 0 saturated carbocycles. The predicted octanol–water partition coefficient (Wildman–Crippen LogP) is 3.46. The number of aryl methyl sites for hydroxylation is 1. The maximum atomic E-state index is 6.11. The highest BCUT2D eigenvalue weighted by Crippen LogP contribution is 2.25. The molecule has 0 atom stereocenters. The van der Waals surface area contributed by atoms with Gasteiger partial charge < -0.3 is 5.73 Å². The number of fused-ring (bicyclic) bond motifs is 2. The highest BCUT2D eigenvalue weighted by molar-refractivity contribution is 5.86. The molecule has 2 aromatic heterocycles. The average molecular weight is 274 g/mol. The van der Waals surface area contributed by atoms with Crippen molar-refractivity contribution in [1.82, 2.24) is 14.5 Å². The summed E-state index contributed by atoms with van der Waals surface area (Å²) in [7, 11) is 0. The van der Waals surface area contributed by atoms with Crippen LogP contribution in [0, 0.1) is 6.92 Å². The number of benzene rings is 2. The van der Waals surface area contributed by atoms with Crippen LogP contribution in [0.3, 0.4) is 0 Å². The van der Waals surface area contributed by atoms with Gasteiger partial charge >= 0.3 is 0 Å². The molecule has 0 aliphatic heterocycles. The summed E-state index contributed by atoms with van der Waals surface area (Å²) in [6.07, 6.45) is 1.79. The highest BCUT2D eigenvalue weighted by Gasteiger charge is 2.12. The number of aromatic nitrogens is 3. The maximum Gasteiger partial charge on any atom is 0.207 e. The van der Waals surface area contributed by atoms with Crippen LogP contribution < -0.4 is 5.73 Å². The number of anilines is 1. The van der Waals surface area contributed by atoms with Crippen LogP contribution in [0.25, 0.3) is 27.6 Å². The molecule has 0 spiro atoms. The highest BCUT2D eigenvalue weighted by atomic mass is 15.2. The van der Waals surface area contributed by atoms with E-state index in [9.17, 15) is 0 Å². The fraction of sp³-hybridized carbons (Fsp3) is 0.0588. The Kier molecular flexibility index (Phi) is 2.44. The molecule has 0 aliphatic carbocycles. The first-order valence-electron chi connectivity index (χ1n) is 6.83. The van der Waals surface area contributed by atoms with Gasteiger partial charge in [-0.15, -0.1) is 0 Å². The Bertz CT molecular complexity index is 969. The second kappa shape index (κ2) is 4.31. The molecule has 4 aromatic rings. The Balaban J connectivity index is 2.04. The SMILES string of the molecule is Cc1ccnc2c1nc(N)n2-c1ccc2ccccc2c1. The zero-order chi connectivity index (χ0) is 14.4. The van der Waals surface area contributed by atoms with Gasteiger partial charge in [0.05, 0.1) is 5.69 Å². The standard InChI is InChI=1S/C17H14N4/c1-11-8-9-19-16-15(11)20-17(18)21(16)14-7-6-12-4-2-3-5-13(12)10-14/h2-10H,1H3,(H2,18,20). The van der Waals surface area contributed by atoms with E-state index in [1.807, 2.05) is 35.8 Å². The summed E-state index contributed by atoms with van der Waals surface area (Å²) in [5, 5.41) is 2.37. The smallest absolute Gasteiger partial charge is 0.207 e. The molecule has 0 radical (unpaired) electrons. The lowest BCUT2D eigenvalue weighted by atomic mass is 10.1. The van der Waals surface area contributed by atoms with E-state index in [1.165, 1.54) is 10.8 Å². The molecule has 2 aromatic carbocycles.